The van der Waals surface area contributed by atoms with E-state index in [9.17, 15) is 4.79 Å². The molecule has 0 saturated carbocycles. The van der Waals surface area contributed by atoms with Gasteiger partial charge >= 0.3 is 0 Å². The highest BCUT2D eigenvalue weighted by Gasteiger charge is 2.24. The first kappa shape index (κ1) is 15.2. The third-order valence-corrected chi connectivity index (χ3v) is 3.17. The number of hydrogen-bond donors (Lipinski definition) is 1. The molecule has 0 spiro atoms. The van der Waals surface area contributed by atoms with E-state index < -0.39 is 0 Å². The molecule has 0 aliphatic heterocycles. The lowest BCUT2D eigenvalue weighted by Gasteiger charge is -2.21. The van der Waals surface area contributed by atoms with Gasteiger partial charge in [-0.3, -0.25) is 9.78 Å². The van der Waals surface area contributed by atoms with Crippen LogP contribution in [0.5, 0.6) is 0 Å². The maximum Gasteiger partial charge on any atom is 0.217 e. The number of nitrogens with one attached hydrogen (secondary N) is 1. The number of aryl methyl sites for hydroxylation is 2. The van der Waals surface area contributed by atoms with Crippen molar-refractivity contribution in [1.29, 1.82) is 0 Å². The minimum atomic E-state index is -0.183. The van der Waals surface area contributed by atoms with E-state index in [1.807, 2.05) is 39.8 Å². The number of aromatic nitrogens is 4. The van der Waals surface area contributed by atoms with Gasteiger partial charge in [0.1, 0.15) is 5.82 Å². The van der Waals surface area contributed by atoms with Crippen LogP contribution in [0.15, 0.2) is 18.3 Å². The average molecular weight is 287 g/mol. The molecular formula is C15H21N5O. The molecule has 0 aromatic carbocycles. The number of pyridine rings is 1. The molecule has 2 aromatic rings. The summed E-state index contributed by atoms with van der Waals surface area (Å²) >= 11 is 0. The maximum absolute atomic E-state index is 11.5. The second-order valence-corrected chi connectivity index (χ2v) is 5.51. The fourth-order valence-corrected chi connectivity index (χ4v) is 2.23. The predicted octanol–water partition coefficient (Wildman–Crippen LogP) is 2.11. The zero-order valence-corrected chi connectivity index (χ0v) is 13.1. The summed E-state index contributed by atoms with van der Waals surface area (Å²) in [5, 5.41) is 7.41. The maximum atomic E-state index is 11.5. The van der Waals surface area contributed by atoms with E-state index in [1.165, 1.54) is 6.92 Å². The monoisotopic (exact) mass is 287 g/mol. The molecule has 1 N–H and O–H groups in total. The van der Waals surface area contributed by atoms with E-state index in [2.05, 4.69) is 20.4 Å². The summed E-state index contributed by atoms with van der Waals surface area (Å²) in [5.41, 5.74) is 1.81. The summed E-state index contributed by atoms with van der Waals surface area (Å²) in [6.07, 6.45) is 1.74. The Bertz CT molecular complexity index is 647. The van der Waals surface area contributed by atoms with Crippen LogP contribution >= 0.6 is 0 Å². The van der Waals surface area contributed by atoms with Gasteiger partial charge in [-0.25, -0.2) is 9.67 Å². The summed E-state index contributed by atoms with van der Waals surface area (Å²) in [7, 11) is 0. The minimum Gasteiger partial charge on any atom is -0.346 e. The van der Waals surface area contributed by atoms with Gasteiger partial charge in [0.05, 0.1) is 11.7 Å². The van der Waals surface area contributed by atoms with Crippen LogP contribution in [0.3, 0.4) is 0 Å². The van der Waals surface area contributed by atoms with Crippen LogP contribution in [0.2, 0.25) is 0 Å². The number of rotatable bonds is 4. The van der Waals surface area contributed by atoms with Gasteiger partial charge < -0.3 is 5.32 Å². The summed E-state index contributed by atoms with van der Waals surface area (Å²) in [5.74, 6) is 1.55. The van der Waals surface area contributed by atoms with Gasteiger partial charge in [0.15, 0.2) is 5.82 Å². The van der Waals surface area contributed by atoms with Crippen molar-refractivity contribution in [2.75, 3.05) is 0 Å². The summed E-state index contributed by atoms with van der Waals surface area (Å²) in [6.45, 7) is 9.39. The molecular weight excluding hydrogens is 266 g/mol. The van der Waals surface area contributed by atoms with Crippen molar-refractivity contribution in [2.24, 2.45) is 5.92 Å². The molecule has 21 heavy (non-hydrogen) atoms. The molecule has 1 amide bonds. The van der Waals surface area contributed by atoms with Crippen molar-refractivity contribution in [3.8, 4) is 5.69 Å². The van der Waals surface area contributed by atoms with Gasteiger partial charge in [0, 0.05) is 18.8 Å². The van der Waals surface area contributed by atoms with Crippen LogP contribution in [0.4, 0.5) is 0 Å². The van der Waals surface area contributed by atoms with Crippen LogP contribution < -0.4 is 5.32 Å². The summed E-state index contributed by atoms with van der Waals surface area (Å²) in [6, 6.07) is 3.65. The van der Waals surface area contributed by atoms with E-state index in [0.717, 1.165) is 17.2 Å². The number of carbonyl (C=O) groups excluding carboxylic acids is 1. The van der Waals surface area contributed by atoms with Crippen LogP contribution in [-0.2, 0) is 4.79 Å². The molecule has 0 bridgehead atoms. The Morgan fingerprint density at radius 1 is 1.33 bits per heavy atom. The lowest BCUT2D eigenvalue weighted by atomic mass is 10.0. The lowest BCUT2D eigenvalue weighted by Crippen LogP contribution is -2.32. The van der Waals surface area contributed by atoms with Gasteiger partial charge in [-0.05, 0) is 31.9 Å². The van der Waals surface area contributed by atoms with E-state index in [0.29, 0.717) is 5.82 Å². The van der Waals surface area contributed by atoms with Crippen molar-refractivity contribution in [1.82, 2.24) is 25.1 Å². The fourth-order valence-electron chi connectivity index (χ4n) is 2.23. The molecule has 2 aromatic heterocycles. The number of carbonyl (C=O) groups is 1. The minimum absolute atomic E-state index is 0.0770. The Balaban J connectivity index is 2.51. The van der Waals surface area contributed by atoms with Crippen molar-refractivity contribution in [2.45, 2.75) is 40.7 Å². The van der Waals surface area contributed by atoms with Crippen molar-refractivity contribution in [3.05, 3.63) is 35.7 Å². The Labute approximate surface area is 124 Å². The second-order valence-electron chi connectivity index (χ2n) is 5.51. The average Bonchev–Trinajstić information content (AvgIpc) is 2.77. The quantitative estimate of drug-likeness (QED) is 0.934. The zero-order chi connectivity index (χ0) is 15.6. The van der Waals surface area contributed by atoms with Crippen molar-refractivity contribution >= 4 is 5.91 Å². The van der Waals surface area contributed by atoms with Gasteiger partial charge in [-0.1, -0.05) is 13.8 Å². The van der Waals surface area contributed by atoms with Gasteiger partial charge in [0.25, 0.3) is 0 Å². The molecule has 0 unspecified atom stereocenters. The van der Waals surface area contributed by atoms with Gasteiger partial charge in [-0.2, -0.15) is 5.10 Å². The molecule has 112 valence electrons. The molecule has 2 heterocycles. The Morgan fingerprint density at radius 2 is 2.05 bits per heavy atom. The predicted molar refractivity (Wildman–Crippen MR) is 80.0 cm³/mol. The van der Waals surface area contributed by atoms with Gasteiger partial charge in [0.2, 0.25) is 5.91 Å². The molecule has 0 aliphatic carbocycles. The van der Waals surface area contributed by atoms with Crippen molar-refractivity contribution < 1.29 is 4.79 Å². The number of hydrogen-bond acceptors (Lipinski definition) is 4. The standard InChI is InChI=1S/C15H21N5O/c1-9(2)14(18-12(5)21)15-17-11(4)19-20(15)13-6-7-16-10(3)8-13/h6-9,14H,1-5H3,(H,18,21)/t14-/m1/s1. The Hall–Kier alpha value is -2.24. The van der Waals surface area contributed by atoms with Crippen LogP contribution in [-0.4, -0.2) is 25.7 Å². The highest BCUT2D eigenvalue weighted by Crippen LogP contribution is 2.23. The molecule has 0 aliphatic rings. The van der Waals surface area contributed by atoms with Crippen molar-refractivity contribution in [3.63, 3.8) is 0 Å². The van der Waals surface area contributed by atoms with Crippen LogP contribution in [0, 0.1) is 19.8 Å². The van der Waals surface area contributed by atoms with E-state index in [1.54, 1.807) is 10.9 Å². The first-order valence-corrected chi connectivity index (χ1v) is 7.02. The lowest BCUT2D eigenvalue weighted by molar-refractivity contribution is -0.120. The fraction of sp³-hybridized carbons (Fsp3) is 0.467. The third kappa shape index (κ3) is 3.45. The van der Waals surface area contributed by atoms with E-state index >= 15 is 0 Å². The second kappa shape index (κ2) is 6.03. The Kier molecular flexibility index (Phi) is 4.35. The highest BCUT2D eigenvalue weighted by molar-refractivity contribution is 5.73. The van der Waals surface area contributed by atoms with Gasteiger partial charge in [-0.15, -0.1) is 0 Å². The highest BCUT2D eigenvalue weighted by atomic mass is 16.1. The molecule has 1 atom stereocenters. The number of nitrogens with zero attached hydrogens (tertiary/aromatic N) is 4. The summed E-state index contributed by atoms with van der Waals surface area (Å²) in [4.78, 5) is 20.2. The molecule has 6 nitrogen and oxygen atoms in total. The van der Waals surface area contributed by atoms with Crippen LogP contribution in [0.25, 0.3) is 5.69 Å². The molecule has 0 fully saturated rings. The molecule has 2 rings (SSSR count). The Morgan fingerprint density at radius 3 is 2.62 bits per heavy atom. The largest absolute Gasteiger partial charge is 0.346 e. The van der Waals surface area contributed by atoms with E-state index in [-0.39, 0.29) is 17.9 Å². The molecule has 0 radical (unpaired) electrons. The number of amides is 1. The summed E-state index contributed by atoms with van der Waals surface area (Å²) < 4.78 is 1.78. The van der Waals surface area contributed by atoms with Crippen LogP contribution in [0.1, 0.15) is 44.2 Å². The normalized spacial score (nSPS) is 12.5. The SMILES string of the molecule is CC(=O)N[C@@H](c1nc(C)nn1-c1ccnc(C)c1)C(C)C. The first-order valence-electron chi connectivity index (χ1n) is 7.02. The zero-order valence-electron chi connectivity index (χ0n) is 13.1. The first-order chi connectivity index (χ1) is 9.88. The molecule has 6 heteroatoms. The van der Waals surface area contributed by atoms with E-state index in [4.69, 9.17) is 0 Å². The molecule has 0 saturated heterocycles. The smallest absolute Gasteiger partial charge is 0.217 e. The third-order valence-electron chi connectivity index (χ3n) is 3.17. The topological polar surface area (TPSA) is 72.7 Å².